The zero-order valence-electron chi connectivity index (χ0n) is 22.6. The summed E-state index contributed by atoms with van der Waals surface area (Å²) in [6.45, 7) is 6.03. The van der Waals surface area contributed by atoms with Gasteiger partial charge in [0.25, 0.3) is 11.8 Å². The molecule has 1 aliphatic rings. The molecule has 6 heteroatoms. The Hall–Kier alpha value is -5.23. The minimum absolute atomic E-state index is 0.336. The van der Waals surface area contributed by atoms with E-state index in [-0.39, 0.29) is 11.8 Å². The van der Waals surface area contributed by atoms with Gasteiger partial charge < -0.3 is 5.32 Å². The van der Waals surface area contributed by atoms with E-state index in [1.54, 1.807) is 12.3 Å². The van der Waals surface area contributed by atoms with Gasteiger partial charge in [0.05, 0.1) is 22.6 Å². The van der Waals surface area contributed by atoms with Crippen molar-refractivity contribution in [3.63, 3.8) is 0 Å². The zero-order chi connectivity index (χ0) is 27.8. The predicted molar refractivity (Wildman–Crippen MR) is 160 cm³/mol. The standard InChI is InChI=1S/C34H28N4O2/c1-22-13-16-25(17-14-22)31-20-32(38(36-31)26-9-5-4-6-10-26)35-21-30-28-11-7-8-12-29(28)33(39)37(34(30)40)27-18-15-23(2)24(3)19-27/h4-21,35H,1-3H3/b30-21-. The van der Waals surface area contributed by atoms with E-state index in [1.165, 1.54) is 10.5 Å². The predicted octanol–water partition coefficient (Wildman–Crippen LogP) is 7.10. The van der Waals surface area contributed by atoms with Crippen LogP contribution < -0.4 is 10.2 Å². The van der Waals surface area contributed by atoms with Crippen LogP contribution in [0.4, 0.5) is 11.5 Å². The molecule has 1 N–H and O–H groups in total. The minimum atomic E-state index is -0.385. The summed E-state index contributed by atoms with van der Waals surface area (Å²) in [5.41, 5.74) is 7.96. The number of imide groups is 1. The first-order valence-electron chi connectivity index (χ1n) is 13.2. The first-order chi connectivity index (χ1) is 19.4. The van der Waals surface area contributed by atoms with Crippen molar-refractivity contribution in [3.05, 3.63) is 137 Å². The van der Waals surface area contributed by atoms with Crippen molar-refractivity contribution in [3.8, 4) is 16.9 Å². The van der Waals surface area contributed by atoms with Gasteiger partial charge in [0, 0.05) is 29.0 Å². The Labute approximate surface area is 233 Å². The maximum Gasteiger partial charge on any atom is 0.267 e. The maximum atomic E-state index is 13.9. The number of hydrogen-bond acceptors (Lipinski definition) is 4. The number of fused-ring (bicyclic) bond motifs is 1. The number of benzene rings is 4. The van der Waals surface area contributed by atoms with E-state index in [0.717, 1.165) is 28.1 Å². The Kier molecular flexibility index (Phi) is 6.36. The summed E-state index contributed by atoms with van der Waals surface area (Å²) in [6, 6.07) is 32.8. The van der Waals surface area contributed by atoms with E-state index in [1.807, 2.05) is 103 Å². The van der Waals surface area contributed by atoms with Gasteiger partial charge in [-0.15, -0.1) is 0 Å². The second-order valence-corrected chi connectivity index (χ2v) is 9.99. The molecule has 0 saturated heterocycles. The fourth-order valence-corrected chi connectivity index (χ4v) is 4.85. The minimum Gasteiger partial charge on any atom is -0.346 e. The second kappa shape index (κ2) is 10.2. The molecule has 1 aliphatic heterocycles. The molecule has 40 heavy (non-hydrogen) atoms. The highest BCUT2D eigenvalue weighted by Gasteiger charge is 2.36. The molecule has 6 rings (SSSR count). The highest BCUT2D eigenvalue weighted by Crippen LogP contribution is 2.33. The van der Waals surface area contributed by atoms with E-state index < -0.39 is 0 Å². The zero-order valence-corrected chi connectivity index (χ0v) is 22.6. The second-order valence-electron chi connectivity index (χ2n) is 9.99. The van der Waals surface area contributed by atoms with Crippen LogP contribution in [-0.2, 0) is 4.79 Å². The third-order valence-electron chi connectivity index (χ3n) is 7.25. The summed E-state index contributed by atoms with van der Waals surface area (Å²) in [5.74, 6) is -0.0323. The molecule has 2 heterocycles. The summed E-state index contributed by atoms with van der Waals surface area (Å²) in [6.07, 6.45) is 1.68. The molecule has 6 nitrogen and oxygen atoms in total. The normalized spacial score (nSPS) is 14.0. The number of amides is 2. The van der Waals surface area contributed by atoms with E-state index in [0.29, 0.717) is 28.2 Å². The smallest absolute Gasteiger partial charge is 0.267 e. The molecule has 4 aromatic carbocycles. The molecule has 0 bridgehead atoms. The van der Waals surface area contributed by atoms with E-state index in [9.17, 15) is 9.59 Å². The lowest BCUT2D eigenvalue weighted by Gasteiger charge is -2.29. The molecular weight excluding hydrogens is 496 g/mol. The number of carbonyl (C=O) groups is 2. The monoisotopic (exact) mass is 524 g/mol. The third kappa shape index (κ3) is 4.50. The summed E-state index contributed by atoms with van der Waals surface area (Å²) < 4.78 is 1.82. The van der Waals surface area contributed by atoms with Crippen LogP contribution in [0.25, 0.3) is 22.5 Å². The number of hydrogen-bond donors (Lipinski definition) is 1. The molecule has 196 valence electrons. The average molecular weight is 525 g/mol. The first-order valence-corrected chi connectivity index (χ1v) is 13.2. The lowest BCUT2D eigenvalue weighted by Crippen LogP contribution is -2.42. The summed E-state index contributed by atoms with van der Waals surface area (Å²) in [7, 11) is 0. The van der Waals surface area contributed by atoms with Gasteiger partial charge in [-0.1, -0.05) is 72.3 Å². The Morgan fingerprint density at radius 1 is 0.675 bits per heavy atom. The van der Waals surface area contributed by atoms with Gasteiger partial charge in [0.15, 0.2) is 0 Å². The van der Waals surface area contributed by atoms with Crippen molar-refractivity contribution < 1.29 is 9.59 Å². The largest absolute Gasteiger partial charge is 0.346 e. The van der Waals surface area contributed by atoms with Crippen LogP contribution in [0.2, 0.25) is 0 Å². The van der Waals surface area contributed by atoms with Crippen LogP contribution in [0, 0.1) is 20.8 Å². The molecular formula is C34H28N4O2. The molecule has 5 aromatic rings. The fraction of sp³-hybridized carbons (Fsp3) is 0.0882. The molecule has 0 radical (unpaired) electrons. The van der Waals surface area contributed by atoms with Crippen molar-refractivity contribution in [2.45, 2.75) is 20.8 Å². The molecule has 0 aliphatic carbocycles. The number of nitrogens with zero attached hydrogens (tertiary/aromatic N) is 3. The fourth-order valence-electron chi connectivity index (χ4n) is 4.85. The summed E-state index contributed by atoms with van der Waals surface area (Å²) in [4.78, 5) is 28.7. The van der Waals surface area contributed by atoms with Crippen molar-refractivity contribution in [2.24, 2.45) is 0 Å². The first kappa shape index (κ1) is 25.1. The van der Waals surface area contributed by atoms with E-state index >= 15 is 0 Å². The Morgan fingerprint density at radius 3 is 2.10 bits per heavy atom. The van der Waals surface area contributed by atoms with Gasteiger partial charge in [0.1, 0.15) is 5.82 Å². The Morgan fingerprint density at radius 2 is 1.38 bits per heavy atom. The number of para-hydroxylation sites is 1. The number of carbonyl (C=O) groups excluding carboxylic acids is 2. The third-order valence-corrected chi connectivity index (χ3v) is 7.25. The van der Waals surface area contributed by atoms with E-state index in [2.05, 4.69) is 24.4 Å². The highest BCUT2D eigenvalue weighted by atomic mass is 16.2. The number of aryl methyl sites for hydroxylation is 3. The molecule has 0 saturated carbocycles. The molecule has 0 fully saturated rings. The van der Waals surface area contributed by atoms with Gasteiger partial charge in [-0.05, 0) is 62.2 Å². The molecule has 0 spiro atoms. The van der Waals surface area contributed by atoms with Crippen molar-refractivity contribution in [2.75, 3.05) is 10.2 Å². The van der Waals surface area contributed by atoms with Crippen molar-refractivity contribution in [1.82, 2.24) is 9.78 Å². The molecule has 1 aromatic heterocycles. The van der Waals surface area contributed by atoms with Crippen LogP contribution in [0.15, 0.2) is 109 Å². The molecule has 0 atom stereocenters. The van der Waals surface area contributed by atoms with Gasteiger partial charge in [-0.2, -0.15) is 5.10 Å². The van der Waals surface area contributed by atoms with Crippen LogP contribution in [-0.4, -0.2) is 21.6 Å². The molecule has 2 amide bonds. The van der Waals surface area contributed by atoms with Gasteiger partial charge >= 0.3 is 0 Å². The van der Waals surface area contributed by atoms with Crippen molar-refractivity contribution >= 4 is 28.9 Å². The summed E-state index contributed by atoms with van der Waals surface area (Å²) >= 11 is 0. The SMILES string of the molecule is Cc1ccc(-c2cc(N/C=C3\C(=O)N(c4ccc(C)c(C)c4)C(=O)c4ccccc43)n(-c3ccccc3)n2)cc1. The van der Waals surface area contributed by atoms with Gasteiger partial charge in [-0.25, -0.2) is 9.58 Å². The number of aromatic nitrogens is 2. The highest BCUT2D eigenvalue weighted by molar-refractivity contribution is 6.41. The molecule has 0 unspecified atom stereocenters. The van der Waals surface area contributed by atoms with Crippen LogP contribution >= 0.6 is 0 Å². The number of anilines is 2. The van der Waals surface area contributed by atoms with Crippen LogP contribution in [0.3, 0.4) is 0 Å². The topological polar surface area (TPSA) is 67.2 Å². The van der Waals surface area contributed by atoms with Crippen LogP contribution in [0.1, 0.15) is 32.6 Å². The van der Waals surface area contributed by atoms with Gasteiger partial charge in [-0.3, -0.25) is 9.59 Å². The quantitative estimate of drug-likeness (QED) is 0.197. The van der Waals surface area contributed by atoms with Crippen LogP contribution in [0.5, 0.6) is 0 Å². The number of rotatable bonds is 5. The maximum absolute atomic E-state index is 13.9. The summed E-state index contributed by atoms with van der Waals surface area (Å²) in [5, 5.41) is 8.22. The van der Waals surface area contributed by atoms with E-state index in [4.69, 9.17) is 5.10 Å². The average Bonchev–Trinajstić information content (AvgIpc) is 3.40. The van der Waals surface area contributed by atoms with Crippen molar-refractivity contribution in [1.29, 1.82) is 0 Å². The lowest BCUT2D eigenvalue weighted by molar-refractivity contribution is -0.112. The Bertz CT molecular complexity index is 1780. The Balaban J connectivity index is 1.44. The number of nitrogens with one attached hydrogen (secondary N) is 1. The lowest BCUT2D eigenvalue weighted by atomic mass is 9.93. The van der Waals surface area contributed by atoms with Gasteiger partial charge in [0.2, 0.25) is 0 Å².